The summed E-state index contributed by atoms with van der Waals surface area (Å²) in [5.74, 6) is 1.24. The number of aromatic nitrogens is 2. The normalized spacial score (nSPS) is 17.5. The number of thiocarbonyl (C=S) groups is 1. The molecule has 0 bridgehead atoms. The summed E-state index contributed by atoms with van der Waals surface area (Å²) in [4.78, 5) is 18.4. The fourth-order valence-electron chi connectivity index (χ4n) is 4.26. The summed E-state index contributed by atoms with van der Waals surface area (Å²) in [7, 11) is 0. The van der Waals surface area contributed by atoms with E-state index in [0.717, 1.165) is 55.4 Å². The number of anilines is 2. The summed E-state index contributed by atoms with van der Waals surface area (Å²) in [5, 5.41) is 8.02. The van der Waals surface area contributed by atoms with Gasteiger partial charge >= 0.3 is 0 Å². The number of hydrogen-bond donors (Lipinski definition) is 2. The highest BCUT2D eigenvalue weighted by atomic mass is 35.5. The van der Waals surface area contributed by atoms with E-state index in [1.165, 1.54) is 18.5 Å². The van der Waals surface area contributed by atoms with E-state index < -0.39 is 0 Å². The second kappa shape index (κ2) is 10.4. The lowest BCUT2D eigenvalue weighted by Gasteiger charge is -2.37. The molecule has 2 aliphatic rings. The smallest absolute Gasteiger partial charge is 0.229 e. The molecule has 0 spiro atoms. The Morgan fingerprint density at radius 1 is 1.03 bits per heavy atom. The molecule has 1 saturated carbocycles. The van der Waals surface area contributed by atoms with Crippen LogP contribution in [0, 0.1) is 13.8 Å². The Kier molecular flexibility index (Phi) is 7.42. The molecule has 0 radical (unpaired) electrons. The van der Waals surface area contributed by atoms with Crippen molar-refractivity contribution in [2.24, 2.45) is 4.99 Å². The van der Waals surface area contributed by atoms with Gasteiger partial charge in [-0.3, -0.25) is 5.32 Å². The molecule has 1 aliphatic carbocycles. The van der Waals surface area contributed by atoms with Crippen molar-refractivity contribution in [2.45, 2.75) is 45.6 Å². The lowest BCUT2D eigenvalue weighted by molar-refractivity contribution is 0.385. The Morgan fingerprint density at radius 3 is 2.28 bits per heavy atom. The van der Waals surface area contributed by atoms with E-state index >= 15 is 0 Å². The van der Waals surface area contributed by atoms with Gasteiger partial charge in [0.25, 0.3) is 0 Å². The van der Waals surface area contributed by atoms with E-state index in [2.05, 4.69) is 42.5 Å². The molecule has 1 aliphatic heterocycles. The summed E-state index contributed by atoms with van der Waals surface area (Å²) in [6, 6.07) is 10.4. The number of aliphatic imine (C=N–C) groups is 1. The Balaban J connectivity index is 1.48. The number of benzene rings is 1. The van der Waals surface area contributed by atoms with E-state index in [4.69, 9.17) is 28.8 Å². The fraction of sp³-hybridized carbons (Fsp3) is 0.478. The molecule has 32 heavy (non-hydrogen) atoms. The fourth-order valence-corrected chi connectivity index (χ4v) is 4.64. The summed E-state index contributed by atoms with van der Waals surface area (Å²) < 4.78 is 0. The van der Waals surface area contributed by atoms with Gasteiger partial charge in [-0.15, -0.1) is 0 Å². The monoisotopic (exact) mass is 471 g/mol. The number of rotatable bonds is 3. The molecular weight excluding hydrogens is 442 g/mol. The molecule has 0 amide bonds. The molecule has 2 N–H and O–H groups in total. The molecule has 170 valence electrons. The van der Waals surface area contributed by atoms with Gasteiger partial charge in [0.1, 0.15) is 0 Å². The second-order valence-electron chi connectivity index (χ2n) is 8.42. The first-order valence-electron chi connectivity index (χ1n) is 11.2. The minimum absolute atomic E-state index is 0.423. The summed E-state index contributed by atoms with van der Waals surface area (Å²) in [6.45, 7) is 7.30. The van der Waals surface area contributed by atoms with Crippen molar-refractivity contribution in [3.05, 3.63) is 46.7 Å². The second-order valence-corrected chi connectivity index (χ2v) is 9.24. The standard InChI is InChI=1S/C23H30ClN7S/c1-16-15-17(2)26-21(25-16)28-22(29-23(32)27-19-5-3-4-6-19)31-13-11-30(12-14-31)20-9-7-18(24)8-10-20/h7-10,15,19H,3-6,11-14H2,1-2H3,(H2,25,26,27,28,29,32). The van der Waals surface area contributed by atoms with Crippen LogP contribution >= 0.6 is 23.8 Å². The molecule has 2 aromatic rings. The Bertz CT molecular complexity index is 945. The van der Waals surface area contributed by atoms with Crippen LogP contribution in [0.15, 0.2) is 35.3 Å². The zero-order valence-electron chi connectivity index (χ0n) is 18.6. The average molecular weight is 472 g/mol. The predicted molar refractivity (Wildman–Crippen MR) is 136 cm³/mol. The average Bonchev–Trinajstić information content (AvgIpc) is 3.26. The van der Waals surface area contributed by atoms with Gasteiger partial charge in [0.15, 0.2) is 5.11 Å². The summed E-state index contributed by atoms with van der Waals surface area (Å²) >= 11 is 11.6. The molecule has 2 heterocycles. The van der Waals surface area contributed by atoms with E-state index in [0.29, 0.717) is 23.1 Å². The molecule has 1 aromatic carbocycles. The van der Waals surface area contributed by atoms with Crippen LogP contribution in [0.25, 0.3) is 0 Å². The van der Waals surface area contributed by atoms with Gasteiger partial charge in [-0.05, 0) is 69.2 Å². The molecule has 4 rings (SSSR count). The Labute approximate surface area is 200 Å². The van der Waals surface area contributed by atoms with Crippen molar-refractivity contribution in [3.63, 3.8) is 0 Å². The minimum atomic E-state index is 0.423. The quantitative estimate of drug-likeness (QED) is 0.396. The zero-order valence-corrected chi connectivity index (χ0v) is 20.2. The van der Waals surface area contributed by atoms with Gasteiger partial charge in [-0.25, -0.2) is 9.97 Å². The van der Waals surface area contributed by atoms with Crippen LogP contribution in [-0.2, 0) is 0 Å². The molecule has 0 atom stereocenters. The van der Waals surface area contributed by atoms with Crippen LogP contribution in [0.4, 0.5) is 11.6 Å². The van der Waals surface area contributed by atoms with Crippen LogP contribution in [-0.4, -0.2) is 58.2 Å². The molecule has 0 unspecified atom stereocenters. The third-order valence-electron chi connectivity index (χ3n) is 5.87. The van der Waals surface area contributed by atoms with Gasteiger partial charge in [-0.2, -0.15) is 4.99 Å². The van der Waals surface area contributed by atoms with Gasteiger partial charge in [0.05, 0.1) is 0 Å². The number of halogens is 1. The van der Waals surface area contributed by atoms with E-state index in [1.54, 1.807) is 0 Å². The number of piperazine rings is 1. The van der Waals surface area contributed by atoms with Gasteiger partial charge in [-0.1, -0.05) is 24.4 Å². The Morgan fingerprint density at radius 2 is 1.66 bits per heavy atom. The van der Waals surface area contributed by atoms with Crippen LogP contribution in [0.1, 0.15) is 37.1 Å². The van der Waals surface area contributed by atoms with Gasteiger partial charge in [0, 0.05) is 54.3 Å². The zero-order chi connectivity index (χ0) is 22.5. The van der Waals surface area contributed by atoms with Crippen LogP contribution in [0.3, 0.4) is 0 Å². The largest absolute Gasteiger partial charge is 0.368 e. The highest BCUT2D eigenvalue weighted by Crippen LogP contribution is 2.20. The van der Waals surface area contributed by atoms with Crippen LogP contribution < -0.4 is 15.5 Å². The van der Waals surface area contributed by atoms with Crippen molar-refractivity contribution < 1.29 is 0 Å². The van der Waals surface area contributed by atoms with Crippen LogP contribution in [0.2, 0.25) is 5.02 Å². The maximum atomic E-state index is 6.04. The van der Waals surface area contributed by atoms with Crippen molar-refractivity contribution in [1.29, 1.82) is 0 Å². The van der Waals surface area contributed by atoms with E-state index in [1.807, 2.05) is 32.0 Å². The van der Waals surface area contributed by atoms with Gasteiger partial charge in [0.2, 0.25) is 11.9 Å². The predicted octanol–water partition coefficient (Wildman–Crippen LogP) is 4.15. The summed E-state index contributed by atoms with van der Waals surface area (Å²) in [6.07, 6.45) is 4.80. The van der Waals surface area contributed by atoms with E-state index in [9.17, 15) is 0 Å². The van der Waals surface area contributed by atoms with Gasteiger partial charge < -0.3 is 15.1 Å². The molecule has 1 saturated heterocycles. The molecule has 7 nitrogen and oxygen atoms in total. The van der Waals surface area contributed by atoms with Crippen molar-refractivity contribution in [3.8, 4) is 0 Å². The third kappa shape index (κ3) is 6.07. The number of aryl methyl sites for hydroxylation is 2. The first kappa shape index (κ1) is 22.7. The first-order chi connectivity index (χ1) is 15.5. The number of nitrogens with one attached hydrogen (secondary N) is 2. The number of hydrogen-bond acceptors (Lipinski definition) is 4. The van der Waals surface area contributed by atoms with Crippen LogP contribution in [0.5, 0.6) is 0 Å². The number of nitrogens with zero attached hydrogens (tertiary/aromatic N) is 5. The topological polar surface area (TPSA) is 68.7 Å². The third-order valence-corrected chi connectivity index (χ3v) is 6.33. The van der Waals surface area contributed by atoms with Crippen molar-refractivity contribution >= 4 is 46.5 Å². The SMILES string of the molecule is Cc1cc(C)nc(N/C(=N/C(=S)NC2CCCC2)N2CCN(c3ccc(Cl)cc3)CC2)n1. The Hall–Kier alpha value is -2.45. The minimum Gasteiger partial charge on any atom is -0.368 e. The first-order valence-corrected chi connectivity index (χ1v) is 12.0. The maximum Gasteiger partial charge on any atom is 0.229 e. The molecule has 2 fully saturated rings. The number of guanidine groups is 1. The lowest BCUT2D eigenvalue weighted by atomic mass is 10.2. The van der Waals surface area contributed by atoms with Crippen molar-refractivity contribution in [2.75, 3.05) is 36.4 Å². The lowest BCUT2D eigenvalue weighted by Crippen LogP contribution is -2.51. The molecule has 9 heteroatoms. The van der Waals surface area contributed by atoms with E-state index in [-0.39, 0.29) is 0 Å². The van der Waals surface area contributed by atoms with Crippen molar-refractivity contribution in [1.82, 2.24) is 20.2 Å². The highest BCUT2D eigenvalue weighted by Gasteiger charge is 2.22. The molecule has 1 aromatic heterocycles. The molecular formula is C23H30ClN7S. The summed E-state index contributed by atoms with van der Waals surface area (Å²) in [5.41, 5.74) is 3.01. The highest BCUT2D eigenvalue weighted by molar-refractivity contribution is 7.80. The maximum absolute atomic E-state index is 6.04.